The van der Waals surface area contributed by atoms with E-state index in [1.807, 2.05) is 0 Å². The highest BCUT2D eigenvalue weighted by molar-refractivity contribution is 6.44. The van der Waals surface area contributed by atoms with Gasteiger partial charge in [0.25, 0.3) is 0 Å². The molecule has 0 unspecified atom stereocenters. The maximum atomic E-state index is 6.00. The van der Waals surface area contributed by atoms with Gasteiger partial charge in [0, 0.05) is 0 Å². The SMILES string of the molecule is Nc1cnc(Nc2cc(Cl)c(Cl)cc2Cl)nc1. The van der Waals surface area contributed by atoms with Gasteiger partial charge < -0.3 is 11.1 Å². The number of anilines is 3. The predicted octanol–water partition coefficient (Wildman–Crippen LogP) is 3.76. The zero-order chi connectivity index (χ0) is 12.4. The first-order valence-corrected chi connectivity index (χ1v) is 5.69. The minimum Gasteiger partial charge on any atom is -0.396 e. The molecule has 0 atom stereocenters. The lowest BCUT2D eigenvalue weighted by Gasteiger charge is -2.08. The molecule has 3 N–H and O–H groups in total. The molecule has 0 fully saturated rings. The molecule has 1 aromatic carbocycles. The highest BCUT2D eigenvalue weighted by atomic mass is 35.5. The molecule has 0 aliphatic carbocycles. The smallest absolute Gasteiger partial charge is 0.227 e. The van der Waals surface area contributed by atoms with Gasteiger partial charge in [0.05, 0.1) is 38.8 Å². The summed E-state index contributed by atoms with van der Waals surface area (Å²) in [6.07, 6.45) is 2.97. The van der Waals surface area contributed by atoms with Crippen LogP contribution in [0, 0.1) is 0 Å². The number of nitrogens with two attached hydrogens (primary N) is 1. The number of hydrogen-bond donors (Lipinski definition) is 2. The summed E-state index contributed by atoms with van der Waals surface area (Å²) in [7, 11) is 0. The summed E-state index contributed by atoms with van der Waals surface area (Å²) in [6, 6.07) is 3.15. The minimum absolute atomic E-state index is 0.375. The Morgan fingerprint density at radius 1 is 0.941 bits per heavy atom. The van der Waals surface area contributed by atoms with Gasteiger partial charge in [-0.05, 0) is 12.1 Å². The van der Waals surface area contributed by atoms with Gasteiger partial charge in [0.1, 0.15) is 0 Å². The molecule has 1 heterocycles. The first kappa shape index (κ1) is 12.2. The van der Waals surface area contributed by atoms with Gasteiger partial charge in [0.15, 0.2) is 0 Å². The maximum absolute atomic E-state index is 6.00. The molecular weight excluding hydrogens is 282 g/mol. The highest BCUT2D eigenvalue weighted by Gasteiger charge is 2.07. The first-order valence-electron chi connectivity index (χ1n) is 4.55. The molecule has 2 aromatic rings. The van der Waals surface area contributed by atoms with Gasteiger partial charge in [-0.25, -0.2) is 9.97 Å². The van der Waals surface area contributed by atoms with Crippen molar-refractivity contribution in [1.82, 2.24) is 9.97 Å². The molecule has 4 nitrogen and oxygen atoms in total. The molecule has 0 saturated carbocycles. The van der Waals surface area contributed by atoms with Crippen molar-refractivity contribution >= 4 is 52.1 Å². The molecule has 1 aromatic heterocycles. The van der Waals surface area contributed by atoms with E-state index in [1.54, 1.807) is 12.1 Å². The molecule has 0 spiro atoms. The largest absolute Gasteiger partial charge is 0.396 e. The van der Waals surface area contributed by atoms with E-state index in [0.29, 0.717) is 32.4 Å². The summed E-state index contributed by atoms with van der Waals surface area (Å²) in [5.74, 6) is 0.375. The Kier molecular flexibility index (Phi) is 3.57. The van der Waals surface area contributed by atoms with Crippen LogP contribution in [0.1, 0.15) is 0 Å². The number of nitrogens with zero attached hydrogens (tertiary/aromatic N) is 2. The van der Waals surface area contributed by atoms with Crippen molar-refractivity contribution < 1.29 is 0 Å². The average molecular weight is 290 g/mol. The quantitative estimate of drug-likeness (QED) is 0.826. The number of benzene rings is 1. The van der Waals surface area contributed by atoms with Crippen molar-refractivity contribution in [1.29, 1.82) is 0 Å². The molecular formula is C10H7Cl3N4. The van der Waals surface area contributed by atoms with Crippen molar-refractivity contribution in [2.45, 2.75) is 0 Å². The second kappa shape index (κ2) is 4.96. The van der Waals surface area contributed by atoms with Crippen molar-refractivity contribution in [3.63, 3.8) is 0 Å². The van der Waals surface area contributed by atoms with Crippen LogP contribution in [0.2, 0.25) is 15.1 Å². The summed E-state index contributed by atoms with van der Waals surface area (Å²) >= 11 is 17.7. The predicted molar refractivity (Wildman–Crippen MR) is 71.2 cm³/mol. The summed E-state index contributed by atoms with van der Waals surface area (Å²) in [5.41, 5.74) is 6.53. The van der Waals surface area contributed by atoms with E-state index in [9.17, 15) is 0 Å². The molecule has 0 aliphatic rings. The Hall–Kier alpha value is -1.23. The normalized spacial score (nSPS) is 10.3. The number of rotatable bonds is 2. The van der Waals surface area contributed by atoms with Crippen LogP contribution in [0.4, 0.5) is 17.3 Å². The van der Waals surface area contributed by atoms with Gasteiger partial charge in [-0.3, -0.25) is 0 Å². The van der Waals surface area contributed by atoms with Gasteiger partial charge in [0.2, 0.25) is 5.95 Å². The van der Waals surface area contributed by atoms with E-state index in [1.165, 1.54) is 12.4 Å². The first-order chi connectivity index (χ1) is 8.06. The molecule has 7 heteroatoms. The Bertz CT molecular complexity index is 542. The third kappa shape index (κ3) is 2.91. The highest BCUT2D eigenvalue weighted by Crippen LogP contribution is 2.33. The number of halogens is 3. The fraction of sp³-hybridized carbons (Fsp3) is 0. The van der Waals surface area contributed by atoms with Crippen LogP contribution in [0.3, 0.4) is 0 Å². The van der Waals surface area contributed by atoms with Crippen LogP contribution in [0.5, 0.6) is 0 Å². The third-order valence-corrected chi connectivity index (χ3v) is 2.96. The number of nitrogen functional groups attached to an aromatic ring is 1. The second-order valence-corrected chi connectivity index (χ2v) is 4.43. The summed E-state index contributed by atoms with van der Waals surface area (Å²) in [6.45, 7) is 0. The molecule has 88 valence electrons. The molecule has 0 aliphatic heterocycles. The fourth-order valence-corrected chi connectivity index (χ4v) is 1.74. The zero-order valence-corrected chi connectivity index (χ0v) is 10.7. The lowest BCUT2D eigenvalue weighted by molar-refractivity contribution is 1.17. The molecule has 0 saturated heterocycles. The molecule has 0 radical (unpaired) electrons. The Labute approximate surface area is 113 Å². The molecule has 2 rings (SSSR count). The van der Waals surface area contributed by atoms with E-state index < -0.39 is 0 Å². The van der Waals surface area contributed by atoms with E-state index in [-0.39, 0.29) is 0 Å². The van der Waals surface area contributed by atoms with Crippen molar-refractivity contribution in [2.75, 3.05) is 11.1 Å². The van der Waals surface area contributed by atoms with Gasteiger partial charge in [-0.2, -0.15) is 0 Å². The van der Waals surface area contributed by atoms with E-state index in [2.05, 4.69) is 15.3 Å². The van der Waals surface area contributed by atoms with Gasteiger partial charge >= 0.3 is 0 Å². The van der Waals surface area contributed by atoms with E-state index >= 15 is 0 Å². The fourth-order valence-electron chi connectivity index (χ4n) is 1.14. The van der Waals surface area contributed by atoms with Gasteiger partial charge in [-0.15, -0.1) is 0 Å². The number of aromatic nitrogens is 2. The molecule has 0 bridgehead atoms. The number of nitrogens with one attached hydrogen (secondary N) is 1. The van der Waals surface area contributed by atoms with E-state index in [4.69, 9.17) is 40.5 Å². The summed E-state index contributed by atoms with van der Waals surface area (Å²) < 4.78 is 0. The van der Waals surface area contributed by atoms with Crippen LogP contribution in [-0.2, 0) is 0 Å². The molecule has 0 amide bonds. The topological polar surface area (TPSA) is 63.8 Å². The van der Waals surface area contributed by atoms with Crippen LogP contribution in [0.25, 0.3) is 0 Å². The summed E-state index contributed by atoms with van der Waals surface area (Å²) in [5, 5.41) is 4.13. The molecule has 17 heavy (non-hydrogen) atoms. The zero-order valence-electron chi connectivity index (χ0n) is 8.42. The standard InChI is InChI=1S/C10H7Cl3N4/c11-6-1-8(13)9(2-7(6)12)17-10-15-3-5(14)4-16-10/h1-4H,14H2,(H,15,16,17). The summed E-state index contributed by atoms with van der Waals surface area (Å²) in [4.78, 5) is 7.97. The average Bonchev–Trinajstić information content (AvgIpc) is 2.29. The minimum atomic E-state index is 0.375. The lowest BCUT2D eigenvalue weighted by atomic mass is 10.3. The third-order valence-electron chi connectivity index (χ3n) is 1.93. The van der Waals surface area contributed by atoms with Crippen LogP contribution < -0.4 is 11.1 Å². The van der Waals surface area contributed by atoms with Crippen molar-refractivity contribution in [2.24, 2.45) is 0 Å². The van der Waals surface area contributed by atoms with Crippen molar-refractivity contribution in [3.05, 3.63) is 39.6 Å². The maximum Gasteiger partial charge on any atom is 0.227 e. The number of hydrogen-bond acceptors (Lipinski definition) is 4. The van der Waals surface area contributed by atoms with Crippen molar-refractivity contribution in [3.8, 4) is 0 Å². The second-order valence-electron chi connectivity index (χ2n) is 3.21. The lowest BCUT2D eigenvalue weighted by Crippen LogP contribution is -1.98. The van der Waals surface area contributed by atoms with Gasteiger partial charge in [-0.1, -0.05) is 34.8 Å². The van der Waals surface area contributed by atoms with E-state index in [0.717, 1.165) is 0 Å². The monoisotopic (exact) mass is 288 g/mol. The Morgan fingerprint density at radius 2 is 1.53 bits per heavy atom. The Morgan fingerprint density at radius 3 is 2.18 bits per heavy atom. The Balaban J connectivity index is 2.30. The van der Waals surface area contributed by atoms with Crippen LogP contribution in [0.15, 0.2) is 24.5 Å². The van der Waals surface area contributed by atoms with Crippen LogP contribution in [-0.4, -0.2) is 9.97 Å². The van der Waals surface area contributed by atoms with Crippen LogP contribution >= 0.6 is 34.8 Å².